The Bertz CT molecular complexity index is 726. The summed E-state index contributed by atoms with van der Waals surface area (Å²) >= 11 is 5.59. The van der Waals surface area contributed by atoms with Crippen LogP contribution in [0.25, 0.3) is 0 Å². The molecule has 0 fully saturated rings. The molecule has 1 atom stereocenters. The van der Waals surface area contributed by atoms with Gasteiger partial charge in [-0.05, 0) is 6.92 Å². The van der Waals surface area contributed by atoms with E-state index in [1.165, 1.54) is 0 Å². The van der Waals surface area contributed by atoms with Crippen LogP contribution < -0.4 is 16.0 Å². The van der Waals surface area contributed by atoms with Crippen molar-refractivity contribution < 1.29 is 31.2 Å². The molecule has 0 aliphatic carbocycles. The second kappa shape index (κ2) is 10.1. The van der Waals surface area contributed by atoms with Gasteiger partial charge in [0.2, 0.25) is 5.51 Å². The van der Waals surface area contributed by atoms with Gasteiger partial charge in [-0.2, -0.15) is 17.2 Å². The maximum absolute atomic E-state index is 11.5. The van der Waals surface area contributed by atoms with Gasteiger partial charge in [0.25, 0.3) is 0 Å². The fraction of sp³-hybridized carbons (Fsp3) is 0.467. The number of nitrogens with two attached hydrogens (primary N) is 2. The predicted molar refractivity (Wildman–Crippen MR) is 96.0 cm³/mol. The zero-order chi connectivity index (χ0) is 17.7. The molecule has 0 aliphatic rings. The van der Waals surface area contributed by atoms with Crippen LogP contribution >= 0.6 is 24.0 Å². The number of hydrogen-bond donors (Lipinski definition) is 3. The largest absolute Gasteiger partial charge is 0.464 e. The number of esters is 1. The van der Waals surface area contributed by atoms with E-state index in [4.69, 9.17) is 16.2 Å². The summed E-state index contributed by atoms with van der Waals surface area (Å²) in [5.74, 6) is 1.01. The number of thiol groups is 1. The number of carbonyl (C=O) groups excluding carboxylic acids is 1. The molecule has 10 heteroatoms. The molecule has 25 heavy (non-hydrogen) atoms. The van der Waals surface area contributed by atoms with Crippen molar-refractivity contribution in [3.8, 4) is 0 Å². The van der Waals surface area contributed by atoms with E-state index < -0.39 is 12.0 Å². The van der Waals surface area contributed by atoms with E-state index in [9.17, 15) is 4.79 Å². The van der Waals surface area contributed by atoms with Gasteiger partial charge in [-0.3, -0.25) is 4.79 Å². The van der Waals surface area contributed by atoms with Crippen molar-refractivity contribution in [1.82, 2.24) is 9.97 Å². The maximum Gasteiger partial charge on any atom is 0.323 e. The summed E-state index contributed by atoms with van der Waals surface area (Å²) < 4.78 is 7.25. The third kappa shape index (κ3) is 5.93. The number of aromatic nitrogens is 3. The Morgan fingerprint density at radius 1 is 1.48 bits per heavy atom. The Labute approximate surface area is 167 Å². The maximum atomic E-state index is 11.5. The van der Waals surface area contributed by atoms with Crippen molar-refractivity contribution in [2.75, 3.05) is 18.1 Å². The molecular weight excluding hydrogens is 401 g/mol. The summed E-state index contributed by atoms with van der Waals surface area (Å²) in [6.45, 7) is 4.75. The van der Waals surface area contributed by atoms with Gasteiger partial charge in [-0.15, -0.1) is 0 Å². The molecule has 7 nitrogen and oxygen atoms in total. The van der Waals surface area contributed by atoms with Crippen molar-refractivity contribution in [2.24, 2.45) is 5.73 Å². The van der Waals surface area contributed by atoms with Crippen LogP contribution in [0, 0.1) is 13.8 Å². The van der Waals surface area contributed by atoms with Crippen LogP contribution in [0.3, 0.4) is 0 Å². The molecule has 0 aliphatic heterocycles. The molecule has 0 spiro atoms. The van der Waals surface area contributed by atoms with E-state index >= 15 is 0 Å². The first-order valence-corrected chi connectivity index (χ1v) is 9.01. The number of hydrogen-bond acceptors (Lipinski definition) is 8. The zero-order valence-corrected chi connectivity index (χ0v) is 17.0. The minimum Gasteiger partial charge on any atom is -0.464 e. The third-order valence-electron chi connectivity index (χ3n) is 3.59. The normalized spacial score (nSPS) is 11.7. The van der Waals surface area contributed by atoms with Crippen LogP contribution in [0.1, 0.15) is 22.0 Å². The van der Waals surface area contributed by atoms with Crippen molar-refractivity contribution >= 4 is 35.8 Å². The Morgan fingerprint density at radius 3 is 2.84 bits per heavy atom. The number of nitrogens with zero attached hydrogens (tertiary/aromatic N) is 3. The molecule has 2 aromatic rings. The first-order valence-electron chi connectivity index (χ1n) is 7.49. The molecule has 0 aromatic carbocycles. The Morgan fingerprint density at radius 2 is 2.20 bits per heavy atom. The minimum atomic E-state index is -0.674. The average Bonchev–Trinajstić information content (AvgIpc) is 2.89. The SMILES string of the molecule is Cc1ncc(C[n+]2csc(CCOC(=O)[C@@H](N)CS)c2C)c(N)n1.[Mn]. The number of aryl methyl sites for hydroxylation is 1. The first-order chi connectivity index (χ1) is 11.4. The van der Waals surface area contributed by atoms with Crippen LogP contribution in [0.5, 0.6) is 0 Å². The van der Waals surface area contributed by atoms with Crippen LogP contribution in [0.2, 0.25) is 0 Å². The van der Waals surface area contributed by atoms with Crippen LogP contribution in [-0.4, -0.2) is 34.3 Å². The summed E-state index contributed by atoms with van der Waals surface area (Å²) in [5.41, 5.74) is 15.5. The fourth-order valence-electron chi connectivity index (χ4n) is 2.09. The summed E-state index contributed by atoms with van der Waals surface area (Å²) in [6, 6.07) is -0.674. The summed E-state index contributed by atoms with van der Waals surface area (Å²) in [5, 5.41) is 0. The number of anilines is 1. The Kier molecular flexibility index (Phi) is 8.81. The Balaban J connectivity index is 0.00000312. The van der Waals surface area contributed by atoms with Gasteiger partial charge >= 0.3 is 5.97 Å². The number of carbonyl (C=O) groups is 1. The molecule has 0 unspecified atom stereocenters. The van der Waals surface area contributed by atoms with Crippen LogP contribution in [0.15, 0.2) is 11.7 Å². The van der Waals surface area contributed by atoms with Gasteiger partial charge in [-0.25, -0.2) is 9.97 Å². The van der Waals surface area contributed by atoms with E-state index in [0.717, 1.165) is 16.1 Å². The molecular formula is C15H22MnN5O2S2+. The number of rotatable bonds is 7. The molecule has 2 rings (SSSR count). The second-order valence-corrected chi connectivity index (χ2v) is 6.70. The molecule has 137 valence electrons. The van der Waals surface area contributed by atoms with Crippen LogP contribution in [-0.2, 0) is 39.6 Å². The molecule has 0 saturated heterocycles. The monoisotopic (exact) mass is 423 g/mol. The van der Waals surface area contributed by atoms with Gasteiger partial charge in [0, 0.05) is 42.4 Å². The van der Waals surface area contributed by atoms with Crippen molar-refractivity contribution in [3.63, 3.8) is 0 Å². The molecule has 2 heterocycles. The van der Waals surface area contributed by atoms with Gasteiger partial charge in [0.15, 0.2) is 12.2 Å². The second-order valence-electron chi connectivity index (χ2n) is 5.39. The predicted octanol–water partition coefficient (Wildman–Crippen LogP) is 0.413. The minimum absolute atomic E-state index is 0. The molecule has 0 amide bonds. The smallest absolute Gasteiger partial charge is 0.323 e. The molecule has 2 aromatic heterocycles. The molecule has 0 bridgehead atoms. The summed E-state index contributed by atoms with van der Waals surface area (Å²) in [6.07, 6.45) is 2.40. The number of nitrogen functional groups attached to an aromatic ring is 1. The average molecular weight is 423 g/mol. The van der Waals surface area contributed by atoms with Crippen molar-refractivity contribution in [1.29, 1.82) is 0 Å². The third-order valence-corrected chi connectivity index (χ3v) is 5.13. The van der Waals surface area contributed by atoms with Gasteiger partial charge in [-0.1, -0.05) is 11.3 Å². The quantitative estimate of drug-likeness (QED) is 0.258. The zero-order valence-electron chi connectivity index (χ0n) is 14.1. The van der Waals surface area contributed by atoms with Gasteiger partial charge in [0.05, 0.1) is 17.0 Å². The standard InChI is InChI=1S/C15H21N5O2S2.Mn/c1-9-13(3-4-22-15(21)12(16)7-23)24-8-20(9)6-11-5-18-10(2)19-14(11)17;/h5,8,12H,3-4,6-7,16H2,1-2H3,(H2-,17,18,19,23);/p+1/t12-;/m0./s1. The molecule has 0 saturated carbocycles. The van der Waals surface area contributed by atoms with E-state index in [1.807, 2.05) is 19.4 Å². The first kappa shape index (κ1) is 21.9. The molecule has 4 N–H and O–H groups in total. The van der Waals surface area contributed by atoms with E-state index in [0.29, 0.717) is 31.2 Å². The van der Waals surface area contributed by atoms with Gasteiger partial charge in [0.1, 0.15) is 17.7 Å². The summed E-state index contributed by atoms with van der Waals surface area (Å²) in [4.78, 5) is 21.1. The number of ether oxygens (including phenoxy) is 1. The summed E-state index contributed by atoms with van der Waals surface area (Å²) in [7, 11) is 0. The Hall–Kier alpha value is -1.19. The molecule has 1 radical (unpaired) electrons. The van der Waals surface area contributed by atoms with Crippen molar-refractivity contribution in [3.05, 3.63) is 33.7 Å². The van der Waals surface area contributed by atoms with Crippen molar-refractivity contribution in [2.45, 2.75) is 32.9 Å². The fourth-order valence-corrected chi connectivity index (χ4v) is 3.22. The topological polar surface area (TPSA) is 108 Å². The van der Waals surface area contributed by atoms with E-state index in [2.05, 4.69) is 27.2 Å². The van der Waals surface area contributed by atoms with Gasteiger partial charge < -0.3 is 16.2 Å². The number of thiazole rings is 1. The van der Waals surface area contributed by atoms with E-state index in [-0.39, 0.29) is 22.8 Å². The van der Waals surface area contributed by atoms with E-state index in [1.54, 1.807) is 17.5 Å². The van der Waals surface area contributed by atoms with Crippen LogP contribution in [0.4, 0.5) is 5.82 Å².